The summed E-state index contributed by atoms with van der Waals surface area (Å²) < 4.78 is 11.9. The van der Waals surface area contributed by atoms with Gasteiger partial charge in [0.1, 0.15) is 18.1 Å². The molecule has 16 N–H and O–H groups in total. The van der Waals surface area contributed by atoms with Gasteiger partial charge in [0.15, 0.2) is 11.7 Å². The number of nitrogens with one attached hydrogen (secondary N) is 7. The number of aliphatic carboxylic acids is 1. The van der Waals surface area contributed by atoms with Gasteiger partial charge in [-0.05, 0) is 100 Å². The number of benzene rings is 2. The molecule has 0 aliphatic heterocycles. The SMILES string of the molecule is CC(C)CC(NC(=O)CNC(=O)C(CC(C)C)NC(=O)CNC(=O)C(CCCN=C(N)N)NC(=O)CN)C(=O)O.CCCCC(=O)C(C)NC(=O)CNC(=O)C(N)C(C)C.CCSC.CSc1cccc(SF)c1.Cc1ccccc1. The van der Waals surface area contributed by atoms with Crippen LogP contribution in [0, 0.1) is 24.7 Å². The fourth-order valence-electron chi connectivity index (χ4n) is 6.21. The summed E-state index contributed by atoms with van der Waals surface area (Å²) in [5.41, 5.74) is 22.8. The van der Waals surface area contributed by atoms with Crippen molar-refractivity contribution in [2.45, 2.75) is 154 Å². The van der Waals surface area contributed by atoms with Gasteiger partial charge < -0.3 is 65.3 Å². The number of Topliss-reactive ketones (excluding diaryl/α,β-unsaturated/α-hetero) is 1. The highest BCUT2D eigenvalue weighted by atomic mass is 32.2. The first-order chi connectivity index (χ1) is 38.1. The van der Waals surface area contributed by atoms with Gasteiger partial charge in [0.05, 0.1) is 50.4 Å². The standard InChI is InChI=1S/C24H45N9O7.C14H27N3O3.C7H7FS2.C7H8.C3H8S/c1-13(2)8-16(22(38)30-12-20(36)33-17(23(39)40)9-14(3)4)32-19(35)11-29-21(37)15(31-18(34)10-25)6-5-7-28-24(26)27;1-5-6-7-11(18)10(4)17-12(19)8-16-14(20)13(15)9(2)3;1-9-6-3-2-4-7(5-6)10-8;1-7-5-3-2-4-6-7;1-3-4-2/h13-17H,5-12,25H2,1-4H3,(H,29,37)(H,30,38)(H,31,34)(H,32,35)(H,33,36)(H,39,40)(H4,26,27,28);9-10,13H,5-8,15H2,1-4H3,(H,16,20)(H,17,19);2-5H,1H3;2-6H,1H3;3H2,1-2H3. The molecule has 0 aliphatic rings. The quantitative estimate of drug-likeness (QED) is 0.0220. The first kappa shape index (κ1) is 79.3. The molecule has 0 spiro atoms. The van der Waals surface area contributed by atoms with Gasteiger partial charge in [0.25, 0.3) is 0 Å². The van der Waals surface area contributed by atoms with Crippen molar-refractivity contribution in [3.63, 3.8) is 0 Å². The normalized spacial score (nSPS) is 12.1. The zero-order valence-corrected chi connectivity index (χ0v) is 51.9. The average Bonchev–Trinajstić information content (AvgIpc) is 3.42. The molecule has 0 bridgehead atoms. The van der Waals surface area contributed by atoms with E-state index in [0.717, 1.165) is 17.7 Å². The lowest BCUT2D eigenvalue weighted by Gasteiger charge is -2.22. The van der Waals surface area contributed by atoms with E-state index >= 15 is 0 Å². The number of ketones is 1. The topological polar surface area (TPSA) is 375 Å². The van der Waals surface area contributed by atoms with Crippen molar-refractivity contribution in [3.05, 3.63) is 60.2 Å². The minimum Gasteiger partial charge on any atom is -0.480 e. The largest absolute Gasteiger partial charge is 0.480 e. The predicted octanol–water partition coefficient (Wildman–Crippen LogP) is 3.96. The highest BCUT2D eigenvalue weighted by Crippen LogP contribution is 2.23. The molecule has 0 aromatic heterocycles. The summed E-state index contributed by atoms with van der Waals surface area (Å²) in [6, 6.07) is 13.4. The number of amides is 7. The zero-order valence-electron chi connectivity index (χ0n) is 49.5. The highest BCUT2D eigenvalue weighted by Gasteiger charge is 2.26. The third-order valence-corrected chi connectivity index (χ3v) is 12.5. The van der Waals surface area contributed by atoms with Crippen LogP contribution < -0.4 is 60.2 Å². The number of carboxylic acids is 1. The van der Waals surface area contributed by atoms with Crippen molar-refractivity contribution in [2.24, 2.45) is 45.7 Å². The lowest BCUT2D eigenvalue weighted by molar-refractivity contribution is -0.142. The van der Waals surface area contributed by atoms with Crippen molar-refractivity contribution < 1.29 is 52.1 Å². The predicted molar refractivity (Wildman–Crippen MR) is 326 cm³/mol. The number of aryl methyl sites for hydroxylation is 1. The van der Waals surface area contributed by atoms with Gasteiger partial charge >= 0.3 is 5.97 Å². The molecule has 2 aromatic rings. The molecule has 0 radical (unpaired) electrons. The zero-order chi connectivity index (χ0) is 62.5. The van der Waals surface area contributed by atoms with Crippen molar-refractivity contribution in [3.8, 4) is 0 Å². The van der Waals surface area contributed by atoms with Gasteiger partial charge in [-0.3, -0.25) is 43.3 Å². The molecule has 2 aromatic carbocycles. The van der Waals surface area contributed by atoms with Crippen LogP contribution in [0.3, 0.4) is 0 Å². The summed E-state index contributed by atoms with van der Waals surface area (Å²) in [5.74, 6) is -3.99. The van der Waals surface area contributed by atoms with Crippen molar-refractivity contribution >= 4 is 94.7 Å². The number of carbonyl (C=O) groups excluding carboxylic acids is 8. The van der Waals surface area contributed by atoms with Crippen molar-refractivity contribution in [1.82, 2.24) is 37.2 Å². The van der Waals surface area contributed by atoms with E-state index in [-0.39, 0.29) is 92.4 Å². The number of hydrogen-bond donors (Lipinski definition) is 12. The Morgan fingerprint density at radius 3 is 1.57 bits per heavy atom. The molecule has 0 fully saturated rings. The third-order valence-electron chi connectivity index (χ3n) is 10.8. The van der Waals surface area contributed by atoms with Gasteiger partial charge in [-0.15, -0.1) is 11.8 Å². The fraction of sp³-hybridized carbons (Fsp3) is 0.600. The lowest BCUT2D eigenvalue weighted by atomic mass is 10.0. The van der Waals surface area contributed by atoms with Crippen LogP contribution in [0.1, 0.15) is 113 Å². The Morgan fingerprint density at radius 1 is 0.654 bits per heavy atom. The van der Waals surface area contributed by atoms with E-state index in [9.17, 15) is 52.1 Å². The Balaban J connectivity index is -0.00000120. The maximum absolute atomic E-state index is 12.7. The number of carbonyl (C=O) groups is 9. The Hall–Kier alpha value is -5.96. The molecule has 26 heteroatoms. The number of nitrogens with two attached hydrogens (primary N) is 4. The van der Waals surface area contributed by atoms with Gasteiger partial charge in [0, 0.05) is 22.8 Å². The molecular weight excluding hydrogens is 1100 g/mol. The van der Waals surface area contributed by atoms with E-state index in [0.29, 0.717) is 17.7 Å². The molecule has 22 nitrogen and oxygen atoms in total. The number of guanidine groups is 1. The van der Waals surface area contributed by atoms with Crippen molar-refractivity contribution in [1.29, 1.82) is 0 Å². The molecule has 5 atom stereocenters. The summed E-state index contributed by atoms with van der Waals surface area (Å²) >= 11 is 3.76. The Bertz CT molecular complexity index is 2160. The van der Waals surface area contributed by atoms with Crippen LogP contribution in [0.15, 0.2) is 69.4 Å². The van der Waals surface area contributed by atoms with Crippen LogP contribution in [0.5, 0.6) is 0 Å². The molecule has 460 valence electrons. The number of thioether (sulfide) groups is 2. The van der Waals surface area contributed by atoms with Crippen LogP contribution >= 0.6 is 35.7 Å². The number of nitrogens with zero attached hydrogens (tertiary/aromatic N) is 1. The maximum Gasteiger partial charge on any atom is 0.326 e. The number of unbranched alkanes of at least 4 members (excludes halogenated alkanes) is 1. The molecule has 81 heavy (non-hydrogen) atoms. The van der Waals surface area contributed by atoms with Gasteiger partial charge in [-0.2, -0.15) is 15.6 Å². The Kier molecular flexibility index (Phi) is 47.7. The van der Waals surface area contributed by atoms with Crippen molar-refractivity contribution in [2.75, 3.05) is 51.0 Å². The van der Waals surface area contributed by atoms with Crippen LogP contribution in [0.4, 0.5) is 3.89 Å². The third kappa shape index (κ3) is 44.4. The second-order valence-corrected chi connectivity index (χ2v) is 22.0. The number of aliphatic imine (C=N–C) groups is 1. The second kappa shape index (κ2) is 48.7. The first-order valence-electron chi connectivity index (χ1n) is 26.8. The Labute approximate surface area is 492 Å². The number of carboxylic acid groups (broad SMARTS) is 1. The first-order valence-corrected chi connectivity index (χ1v) is 30.2. The van der Waals surface area contributed by atoms with Crippen LogP contribution in [0.2, 0.25) is 0 Å². The molecule has 0 saturated carbocycles. The van der Waals surface area contributed by atoms with Crippen LogP contribution in [-0.4, -0.2) is 145 Å². The molecule has 7 amide bonds. The lowest BCUT2D eigenvalue weighted by Crippen LogP contribution is -2.54. The van der Waals surface area contributed by atoms with Crippen LogP contribution in [0.25, 0.3) is 0 Å². The highest BCUT2D eigenvalue weighted by molar-refractivity contribution is 7.98. The summed E-state index contributed by atoms with van der Waals surface area (Å²) in [6.45, 7) is 17.6. The molecule has 0 saturated heterocycles. The number of halogens is 1. The fourth-order valence-corrected chi connectivity index (χ4v) is 7.04. The second-order valence-electron chi connectivity index (χ2n) is 19.4. The van der Waals surface area contributed by atoms with Crippen LogP contribution in [-0.2, 0) is 43.2 Å². The maximum atomic E-state index is 12.7. The molecule has 0 aliphatic carbocycles. The molecule has 0 heterocycles. The summed E-state index contributed by atoms with van der Waals surface area (Å²) in [7, 11) is 0. The molecule has 2 rings (SSSR count). The summed E-state index contributed by atoms with van der Waals surface area (Å²) in [4.78, 5) is 114. The van der Waals surface area contributed by atoms with Gasteiger partial charge in [-0.25, -0.2) is 4.79 Å². The molecule has 5 unspecified atom stereocenters. The van der Waals surface area contributed by atoms with E-state index in [1.165, 1.54) is 11.3 Å². The number of hydrogen-bond acceptors (Lipinski definition) is 15. The average molecular weight is 1200 g/mol. The smallest absolute Gasteiger partial charge is 0.326 e. The van der Waals surface area contributed by atoms with E-state index in [2.05, 4.69) is 74.4 Å². The van der Waals surface area contributed by atoms with E-state index in [1.807, 2.05) is 103 Å². The minimum absolute atomic E-state index is 0.00501. The summed E-state index contributed by atoms with van der Waals surface area (Å²) in [6.07, 6.45) is 7.29. The minimum atomic E-state index is -1.18. The Morgan fingerprint density at radius 2 is 1.14 bits per heavy atom. The summed E-state index contributed by atoms with van der Waals surface area (Å²) in [5, 5.41) is 26.5. The molecular formula is C55H95FN12O10S3. The van der Waals surface area contributed by atoms with E-state index in [4.69, 9.17) is 22.9 Å². The van der Waals surface area contributed by atoms with E-state index in [1.54, 1.807) is 24.8 Å². The van der Waals surface area contributed by atoms with E-state index < -0.39 is 78.8 Å². The van der Waals surface area contributed by atoms with Gasteiger partial charge in [0.2, 0.25) is 41.4 Å². The monoisotopic (exact) mass is 1200 g/mol. The number of rotatable bonds is 31. The van der Waals surface area contributed by atoms with Gasteiger partial charge in [-0.1, -0.05) is 104 Å².